The molecule has 4 heteroatoms. The zero-order valence-corrected chi connectivity index (χ0v) is 7.48. The Balaban J connectivity index is 2.03. The zero-order valence-electron chi connectivity index (χ0n) is 7.48. The van der Waals surface area contributed by atoms with Crippen molar-refractivity contribution in [3.8, 4) is 0 Å². The van der Waals surface area contributed by atoms with Crippen molar-refractivity contribution in [3.05, 3.63) is 17.7 Å². The van der Waals surface area contributed by atoms with Gasteiger partial charge in [-0.2, -0.15) is 5.10 Å². The standard InChI is InChI=1S/C9H13N3O/c13-5-1-2-9-11-8(6-10-12-9)7-3-4-7/h6-7,13H,1-5H2. The Morgan fingerprint density at radius 1 is 1.46 bits per heavy atom. The summed E-state index contributed by atoms with van der Waals surface area (Å²) in [4.78, 5) is 4.39. The maximum Gasteiger partial charge on any atom is 0.151 e. The molecule has 4 nitrogen and oxygen atoms in total. The van der Waals surface area contributed by atoms with Crippen LogP contribution in [-0.2, 0) is 6.42 Å². The number of aryl methyl sites for hydroxylation is 1. The molecular formula is C9H13N3O. The first-order valence-corrected chi connectivity index (χ1v) is 4.69. The Kier molecular flexibility index (Phi) is 2.49. The first-order valence-electron chi connectivity index (χ1n) is 4.69. The highest BCUT2D eigenvalue weighted by Gasteiger charge is 2.25. The fourth-order valence-electron chi connectivity index (χ4n) is 1.27. The number of hydrogen-bond donors (Lipinski definition) is 1. The molecule has 0 radical (unpaired) electrons. The van der Waals surface area contributed by atoms with Gasteiger partial charge >= 0.3 is 0 Å². The van der Waals surface area contributed by atoms with Crippen molar-refractivity contribution in [3.63, 3.8) is 0 Å². The lowest BCUT2D eigenvalue weighted by molar-refractivity contribution is 0.287. The molecule has 0 amide bonds. The van der Waals surface area contributed by atoms with Crippen molar-refractivity contribution in [1.82, 2.24) is 15.2 Å². The molecule has 70 valence electrons. The van der Waals surface area contributed by atoms with E-state index in [1.165, 1.54) is 12.8 Å². The average molecular weight is 179 g/mol. The molecule has 1 aromatic rings. The van der Waals surface area contributed by atoms with Crippen LogP contribution in [0.25, 0.3) is 0 Å². The molecule has 1 saturated carbocycles. The second-order valence-electron chi connectivity index (χ2n) is 3.40. The maximum absolute atomic E-state index is 8.64. The van der Waals surface area contributed by atoms with Crippen molar-refractivity contribution >= 4 is 0 Å². The molecule has 1 aliphatic rings. The monoisotopic (exact) mass is 179 g/mol. The van der Waals surface area contributed by atoms with Crippen molar-refractivity contribution in [2.75, 3.05) is 6.61 Å². The zero-order chi connectivity index (χ0) is 9.10. The molecule has 0 saturated heterocycles. The van der Waals surface area contributed by atoms with Gasteiger partial charge in [-0.15, -0.1) is 5.10 Å². The number of aliphatic hydroxyl groups is 1. The molecule has 0 atom stereocenters. The molecule has 2 rings (SSSR count). The summed E-state index contributed by atoms with van der Waals surface area (Å²) in [5, 5.41) is 16.5. The molecule has 0 bridgehead atoms. The van der Waals surface area contributed by atoms with Crippen LogP contribution in [0.5, 0.6) is 0 Å². The van der Waals surface area contributed by atoms with Crippen molar-refractivity contribution in [2.24, 2.45) is 0 Å². The van der Waals surface area contributed by atoms with Crippen LogP contribution in [0.2, 0.25) is 0 Å². The summed E-state index contributed by atoms with van der Waals surface area (Å²) < 4.78 is 0. The fraction of sp³-hybridized carbons (Fsp3) is 0.667. The molecule has 13 heavy (non-hydrogen) atoms. The number of nitrogens with zero attached hydrogens (tertiary/aromatic N) is 3. The van der Waals surface area contributed by atoms with Crippen LogP contribution < -0.4 is 0 Å². The largest absolute Gasteiger partial charge is 0.396 e. The lowest BCUT2D eigenvalue weighted by Crippen LogP contribution is -2.01. The summed E-state index contributed by atoms with van der Waals surface area (Å²) in [6.45, 7) is 0.191. The molecule has 0 aromatic carbocycles. The quantitative estimate of drug-likeness (QED) is 0.738. The third kappa shape index (κ3) is 2.21. The minimum Gasteiger partial charge on any atom is -0.396 e. The highest BCUT2D eigenvalue weighted by Crippen LogP contribution is 2.38. The molecule has 1 heterocycles. The van der Waals surface area contributed by atoms with E-state index in [2.05, 4.69) is 15.2 Å². The predicted octanol–water partition coefficient (Wildman–Crippen LogP) is 0.674. The van der Waals surface area contributed by atoms with Crippen LogP contribution in [0.4, 0.5) is 0 Å². The minimum absolute atomic E-state index is 0.191. The summed E-state index contributed by atoms with van der Waals surface area (Å²) in [7, 11) is 0. The van der Waals surface area contributed by atoms with Crippen molar-refractivity contribution in [1.29, 1.82) is 0 Å². The second-order valence-corrected chi connectivity index (χ2v) is 3.40. The van der Waals surface area contributed by atoms with Gasteiger partial charge in [-0.3, -0.25) is 0 Å². The Morgan fingerprint density at radius 2 is 2.31 bits per heavy atom. The summed E-state index contributed by atoms with van der Waals surface area (Å²) in [5.41, 5.74) is 1.07. The molecule has 0 spiro atoms. The van der Waals surface area contributed by atoms with Crippen molar-refractivity contribution < 1.29 is 5.11 Å². The van der Waals surface area contributed by atoms with E-state index in [1.54, 1.807) is 6.20 Å². The van der Waals surface area contributed by atoms with Gasteiger partial charge in [-0.1, -0.05) is 0 Å². The Bertz CT molecular complexity index is 286. The summed E-state index contributed by atoms with van der Waals surface area (Å²) >= 11 is 0. The van der Waals surface area contributed by atoms with Crippen LogP contribution in [-0.4, -0.2) is 26.9 Å². The van der Waals surface area contributed by atoms with E-state index in [0.717, 1.165) is 24.4 Å². The van der Waals surface area contributed by atoms with Crippen LogP contribution in [0.3, 0.4) is 0 Å². The van der Waals surface area contributed by atoms with Gasteiger partial charge in [-0.05, 0) is 19.3 Å². The van der Waals surface area contributed by atoms with E-state index >= 15 is 0 Å². The van der Waals surface area contributed by atoms with E-state index in [1.807, 2.05) is 0 Å². The molecule has 0 unspecified atom stereocenters. The minimum atomic E-state index is 0.191. The fourth-order valence-corrected chi connectivity index (χ4v) is 1.27. The van der Waals surface area contributed by atoms with Gasteiger partial charge in [-0.25, -0.2) is 4.98 Å². The Morgan fingerprint density at radius 3 is 3.00 bits per heavy atom. The summed E-state index contributed by atoms with van der Waals surface area (Å²) in [6.07, 6.45) is 5.66. The van der Waals surface area contributed by atoms with Gasteiger partial charge in [0.25, 0.3) is 0 Å². The second kappa shape index (κ2) is 3.79. The van der Waals surface area contributed by atoms with E-state index in [9.17, 15) is 0 Å². The SMILES string of the molecule is OCCCc1nncc(C2CC2)n1. The molecule has 1 N–H and O–H groups in total. The first kappa shape index (κ1) is 8.56. The van der Waals surface area contributed by atoms with Gasteiger partial charge in [0.15, 0.2) is 5.82 Å². The van der Waals surface area contributed by atoms with Gasteiger partial charge in [0.1, 0.15) is 0 Å². The molecule has 0 aliphatic heterocycles. The van der Waals surface area contributed by atoms with Crippen LogP contribution in [0.15, 0.2) is 6.20 Å². The summed E-state index contributed by atoms with van der Waals surface area (Å²) in [6, 6.07) is 0. The summed E-state index contributed by atoms with van der Waals surface area (Å²) in [5.74, 6) is 1.39. The molecular weight excluding hydrogens is 166 g/mol. The predicted molar refractivity (Wildman–Crippen MR) is 47.2 cm³/mol. The highest BCUT2D eigenvalue weighted by molar-refractivity contribution is 5.10. The van der Waals surface area contributed by atoms with Gasteiger partial charge in [0, 0.05) is 18.9 Å². The normalized spacial score (nSPS) is 16.1. The van der Waals surface area contributed by atoms with E-state index in [4.69, 9.17) is 5.11 Å². The molecule has 1 aliphatic carbocycles. The number of hydrogen-bond acceptors (Lipinski definition) is 4. The Labute approximate surface area is 77.0 Å². The lowest BCUT2D eigenvalue weighted by atomic mass is 10.3. The molecule has 1 fully saturated rings. The average Bonchev–Trinajstić information content (AvgIpc) is 2.98. The number of aliphatic hydroxyl groups excluding tert-OH is 1. The number of rotatable bonds is 4. The van der Waals surface area contributed by atoms with Crippen LogP contribution >= 0.6 is 0 Å². The topological polar surface area (TPSA) is 58.9 Å². The van der Waals surface area contributed by atoms with Crippen LogP contribution in [0, 0.1) is 0 Å². The van der Waals surface area contributed by atoms with Gasteiger partial charge in [0.2, 0.25) is 0 Å². The highest BCUT2D eigenvalue weighted by atomic mass is 16.2. The number of aromatic nitrogens is 3. The van der Waals surface area contributed by atoms with Crippen LogP contribution in [0.1, 0.15) is 36.7 Å². The van der Waals surface area contributed by atoms with E-state index in [0.29, 0.717) is 5.92 Å². The van der Waals surface area contributed by atoms with Gasteiger partial charge in [0.05, 0.1) is 11.9 Å². The maximum atomic E-state index is 8.64. The Hall–Kier alpha value is -1.03. The van der Waals surface area contributed by atoms with Crippen molar-refractivity contribution in [2.45, 2.75) is 31.6 Å². The lowest BCUT2D eigenvalue weighted by Gasteiger charge is -1.99. The third-order valence-electron chi connectivity index (χ3n) is 2.18. The molecule has 1 aromatic heterocycles. The van der Waals surface area contributed by atoms with E-state index in [-0.39, 0.29) is 6.61 Å². The van der Waals surface area contributed by atoms with Gasteiger partial charge < -0.3 is 5.11 Å². The van der Waals surface area contributed by atoms with E-state index < -0.39 is 0 Å². The first-order chi connectivity index (χ1) is 6.40. The smallest absolute Gasteiger partial charge is 0.151 e. The third-order valence-corrected chi connectivity index (χ3v) is 2.18.